The molecule has 0 atom stereocenters. The highest BCUT2D eigenvalue weighted by molar-refractivity contribution is 6.00. The number of carboxylic acids is 1. The molecule has 0 spiro atoms. The second kappa shape index (κ2) is 6.73. The molecular weight excluding hydrogens is 247 g/mol. The van der Waals surface area contributed by atoms with Crippen molar-refractivity contribution < 1.29 is 19.0 Å². The van der Waals surface area contributed by atoms with Gasteiger partial charge in [0, 0.05) is 5.56 Å². The highest BCUT2D eigenvalue weighted by Crippen LogP contribution is 2.31. The van der Waals surface area contributed by atoms with Crippen molar-refractivity contribution in [3.8, 4) is 5.75 Å². The maximum absolute atomic E-state index is 13.4. The van der Waals surface area contributed by atoms with Crippen molar-refractivity contribution >= 4 is 11.5 Å². The number of hydrogen-bond acceptors (Lipinski definition) is 2. The van der Waals surface area contributed by atoms with Crippen LogP contribution in [0, 0.1) is 5.82 Å². The zero-order chi connectivity index (χ0) is 14.4. The van der Waals surface area contributed by atoms with Gasteiger partial charge in [-0.3, -0.25) is 0 Å². The lowest BCUT2D eigenvalue weighted by molar-refractivity contribution is -0.132. The normalized spacial score (nSPS) is 12.4. The van der Waals surface area contributed by atoms with Crippen LogP contribution in [0.3, 0.4) is 0 Å². The molecule has 0 amide bonds. The molecule has 0 aromatic heterocycles. The first-order valence-electron chi connectivity index (χ1n) is 5.98. The Morgan fingerprint density at radius 2 is 2.16 bits per heavy atom. The summed E-state index contributed by atoms with van der Waals surface area (Å²) in [5.74, 6) is -1.00. The summed E-state index contributed by atoms with van der Waals surface area (Å²) in [7, 11) is 1.47. The summed E-state index contributed by atoms with van der Waals surface area (Å²) in [6.07, 6.45) is 3.61. The Balaban J connectivity index is 3.56. The monoisotopic (exact) mass is 264 g/mol. The maximum atomic E-state index is 13.4. The quantitative estimate of drug-likeness (QED) is 0.652. The van der Waals surface area contributed by atoms with Crippen LogP contribution in [0.2, 0.25) is 0 Å². The van der Waals surface area contributed by atoms with E-state index in [1.165, 1.54) is 31.4 Å². The molecule has 0 saturated carbocycles. The van der Waals surface area contributed by atoms with E-state index in [1.54, 1.807) is 13.0 Å². The van der Waals surface area contributed by atoms with Gasteiger partial charge in [-0.15, -0.1) is 0 Å². The van der Waals surface area contributed by atoms with Crippen LogP contribution in [0.4, 0.5) is 4.39 Å². The van der Waals surface area contributed by atoms with E-state index < -0.39 is 11.8 Å². The minimum absolute atomic E-state index is 0.147. The van der Waals surface area contributed by atoms with Crippen molar-refractivity contribution in [2.75, 3.05) is 7.11 Å². The van der Waals surface area contributed by atoms with Gasteiger partial charge in [-0.25, -0.2) is 9.18 Å². The number of methoxy groups -OCH3 is 1. The number of halogens is 1. The van der Waals surface area contributed by atoms with Crippen LogP contribution in [0.1, 0.15) is 25.8 Å². The fourth-order valence-corrected chi connectivity index (χ4v) is 1.91. The second-order valence-electron chi connectivity index (χ2n) is 3.90. The van der Waals surface area contributed by atoms with Crippen molar-refractivity contribution in [1.29, 1.82) is 0 Å². The molecule has 0 unspecified atom stereocenters. The topological polar surface area (TPSA) is 46.5 Å². The molecule has 0 saturated heterocycles. The molecule has 102 valence electrons. The predicted octanol–water partition coefficient (Wildman–Crippen LogP) is 3.66. The molecule has 0 fully saturated rings. The number of aliphatic carboxylic acids is 1. The van der Waals surface area contributed by atoms with E-state index in [9.17, 15) is 14.3 Å². The average molecular weight is 264 g/mol. The van der Waals surface area contributed by atoms with E-state index in [2.05, 4.69) is 0 Å². The first kappa shape index (κ1) is 15.0. The molecule has 1 N–H and O–H groups in total. The van der Waals surface area contributed by atoms with Gasteiger partial charge in [-0.05, 0) is 37.1 Å². The molecule has 3 nitrogen and oxygen atoms in total. The Bertz CT molecular complexity index is 530. The molecule has 0 aliphatic rings. The van der Waals surface area contributed by atoms with Crippen molar-refractivity contribution in [2.24, 2.45) is 0 Å². The van der Waals surface area contributed by atoms with Crippen LogP contribution in [0.25, 0.3) is 5.57 Å². The molecule has 4 heteroatoms. The van der Waals surface area contributed by atoms with E-state index in [0.717, 1.165) is 0 Å². The van der Waals surface area contributed by atoms with Gasteiger partial charge in [-0.1, -0.05) is 19.1 Å². The van der Waals surface area contributed by atoms with E-state index in [4.69, 9.17) is 4.74 Å². The number of allylic oxidation sites excluding steroid dienone is 2. The fraction of sp³-hybridized carbons (Fsp3) is 0.267. The first-order valence-corrected chi connectivity index (χ1v) is 5.98. The lowest BCUT2D eigenvalue weighted by atomic mass is 9.96. The SMILES string of the molecule is C/C=C\C(C(=O)O)=C(/CC)c1cc(F)ccc1OC. The van der Waals surface area contributed by atoms with E-state index in [-0.39, 0.29) is 5.57 Å². The molecular formula is C15H17FO3. The van der Waals surface area contributed by atoms with Crippen LogP contribution < -0.4 is 4.74 Å². The summed E-state index contributed by atoms with van der Waals surface area (Å²) >= 11 is 0. The highest BCUT2D eigenvalue weighted by atomic mass is 19.1. The van der Waals surface area contributed by atoms with Gasteiger partial charge in [0.2, 0.25) is 0 Å². The van der Waals surface area contributed by atoms with Crippen molar-refractivity contribution in [2.45, 2.75) is 20.3 Å². The van der Waals surface area contributed by atoms with Crippen LogP contribution in [-0.4, -0.2) is 18.2 Å². The van der Waals surface area contributed by atoms with Crippen molar-refractivity contribution in [1.82, 2.24) is 0 Å². The minimum Gasteiger partial charge on any atom is -0.496 e. The third-order valence-corrected chi connectivity index (χ3v) is 2.73. The third kappa shape index (κ3) is 3.44. The summed E-state index contributed by atoms with van der Waals surface area (Å²) < 4.78 is 18.6. The fourth-order valence-electron chi connectivity index (χ4n) is 1.91. The minimum atomic E-state index is -1.04. The molecule has 1 aromatic carbocycles. The van der Waals surface area contributed by atoms with E-state index in [1.807, 2.05) is 6.92 Å². The Morgan fingerprint density at radius 3 is 2.63 bits per heavy atom. The van der Waals surface area contributed by atoms with Crippen LogP contribution >= 0.6 is 0 Å². The predicted molar refractivity (Wildman–Crippen MR) is 72.6 cm³/mol. The number of benzene rings is 1. The van der Waals surface area contributed by atoms with E-state index >= 15 is 0 Å². The summed E-state index contributed by atoms with van der Waals surface area (Å²) in [6, 6.07) is 4.07. The molecule has 0 heterocycles. The smallest absolute Gasteiger partial charge is 0.335 e. The van der Waals surface area contributed by atoms with Gasteiger partial charge in [0.1, 0.15) is 11.6 Å². The van der Waals surface area contributed by atoms with Crippen LogP contribution in [0.15, 0.2) is 35.9 Å². The molecule has 0 aliphatic carbocycles. The molecule has 0 bridgehead atoms. The standard InChI is InChI=1S/C15H17FO3/c1-4-6-12(15(17)18)11(5-2)13-9-10(16)7-8-14(13)19-3/h4,6-9H,5H2,1-3H3,(H,17,18)/b6-4-,12-11-. The van der Waals surface area contributed by atoms with Crippen molar-refractivity contribution in [3.63, 3.8) is 0 Å². The number of carbonyl (C=O) groups is 1. The maximum Gasteiger partial charge on any atom is 0.335 e. The van der Waals surface area contributed by atoms with Crippen LogP contribution in [-0.2, 0) is 4.79 Å². The molecule has 0 aliphatic heterocycles. The largest absolute Gasteiger partial charge is 0.496 e. The van der Waals surface area contributed by atoms with E-state index in [0.29, 0.717) is 23.3 Å². The Labute approximate surface area is 112 Å². The number of carboxylic acid groups (broad SMARTS) is 1. The Kier molecular flexibility index (Phi) is 5.30. The summed E-state index contributed by atoms with van der Waals surface area (Å²) in [6.45, 7) is 3.56. The van der Waals surface area contributed by atoms with Crippen LogP contribution in [0.5, 0.6) is 5.75 Å². The highest BCUT2D eigenvalue weighted by Gasteiger charge is 2.16. The summed E-state index contributed by atoms with van der Waals surface area (Å²) in [5, 5.41) is 9.26. The van der Waals surface area contributed by atoms with Crippen molar-refractivity contribution in [3.05, 3.63) is 47.3 Å². The van der Waals surface area contributed by atoms with Gasteiger partial charge in [0.05, 0.1) is 12.7 Å². The zero-order valence-electron chi connectivity index (χ0n) is 11.2. The second-order valence-corrected chi connectivity index (χ2v) is 3.90. The lowest BCUT2D eigenvalue weighted by Gasteiger charge is -2.13. The van der Waals surface area contributed by atoms with Gasteiger partial charge in [-0.2, -0.15) is 0 Å². The Morgan fingerprint density at radius 1 is 1.47 bits per heavy atom. The van der Waals surface area contributed by atoms with Gasteiger partial charge < -0.3 is 9.84 Å². The number of hydrogen-bond donors (Lipinski definition) is 1. The lowest BCUT2D eigenvalue weighted by Crippen LogP contribution is -2.03. The summed E-state index contributed by atoms with van der Waals surface area (Å²) in [5.41, 5.74) is 1.16. The average Bonchev–Trinajstić information content (AvgIpc) is 2.38. The molecule has 1 aromatic rings. The van der Waals surface area contributed by atoms with Gasteiger partial charge in [0.25, 0.3) is 0 Å². The molecule has 0 radical (unpaired) electrons. The first-order chi connectivity index (χ1) is 9.04. The third-order valence-electron chi connectivity index (χ3n) is 2.73. The zero-order valence-corrected chi connectivity index (χ0v) is 11.2. The molecule has 19 heavy (non-hydrogen) atoms. The number of ether oxygens (including phenoxy) is 1. The number of rotatable bonds is 5. The summed E-state index contributed by atoms with van der Waals surface area (Å²) in [4.78, 5) is 11.3. The van der Waals surface area contributed by atoms with Gasteiger partial charge in [0.15, 0.2) is 0 Å². The Hall–Kier alpha value is -2.10. The van der Waals surface area contributed by atoms with Gasteiger partial charge >= 0.3 is 5.97 Å². The molecule has 1 rings (SSSR count).